The average molecular weight is 536 g/mol. The molecule has 3 rings (SSSR count). The number of piperidine rings is 1. The molecule has 3 N–H and O–H groups in total. The Morgan fingerprint density at radius 3 is 2.16 bits per heavy atom. The normalized spacial score (nSPS) is 18.0. The second-order valence-electron chi connectivity index (χ2n) is 8.55. The van der Waals surface area contributed by atoms with Gasteiger partial charge in [0.1, 0.15) is 23.3 Å². The summed E-state index contributed by atoms with van der Waals surface area (Å²) in [6.45, 7) is 0.465. The highest BCUT2D eigenvalue weighted by Crippen LogP contribution is 2.27. The third-order valence-electron chi connectivity index (χ3n) is 6.12. The Morgan fingerprint density at radius 1 is 0.973 bits per heavy atom. The van der Waals surface area contributed by atoms with Gasteiger partial charge in [-0.05, 0) is 74.2 Å². The Labute approximate surface area is 216 Å². The first-order valence-corrected chi connectivity index (χ1v) is 13.4. The number of benzene rings is 2. The zero-order valence-corrected chi connectivity index (χ0v) is 21.7. The largest absolute Gasteiger partial charge is 0.497 e. The van der Waals surface area contributed by atoms with E-state index >= 15 is 0 Å². The topological polar surface area (TPSA) is 144 Å². The number of nitrogens with one attached hydrogen (secondary N) is 2. The molecule has 0 saturated carbocycles. The zero-order chi connectivity index (χ0) is 26.8. The molecule has 2 atom stereocenters. The molecule has 0 unspecified atom stereocenters. The van der Waals surface area contributed by atoms with E-state index < -0.39 is 28.0 Å². The molecule has 1 heterocycles. The van der Waals surface area contributed by atoms with Crippen LogP contribution in [0.2, 0.25) is 0 Å². The van der Waals surface area contributed by atoms with Gasteiger partial charge in [0.2, 0.25) is 15.9 Å². The molecule has 202 valence electrons. The number of unbranched alkanes of at least 4 members (excludes halogenated alkanes) is 1. The predicted octanol–water partition coefficient (Wildman–Crippen LogP) is 2.10. The molecule has 0 aromatic heterocycles. The van der Waals surface area contributed by atoms with Gasteiger partial charge in [-0.1, -0.05) is 0 Å². The average Bonchev–Trinajstić information content (AvgIpc) is 2.92. The summed E-state index contributed by atoms with van der Waals surface area (Å²) >= 11 is 0. The summed E-state index contributed by atoms with van der Waals surface area (Å²) in [5.41, 5.74) is 1.55. The lowest BCUT2D eigenvalue weighted by molar-refractivity contribution is -0.135. The van der Waals surface area contributed by atoms with E-state index in [0.29, 0.717) is 31.6 Å². The van der Waals surface area contributed by atoms with Crippen LogP contribution in [0.3, 0.4) is 0 Å². The summed E-state index contributed by atoms with van der Waals surface area (Å²) in [4.78, 5) is 24.8. The number of carbonyl (C=O) groups excluding carboxylic acids is 2. The van der Waals surface area contributed by atoms with Gasteiger partial charge in [-0.2, -0.15) is 4.31 Å². The van der Waals surface area contributed by atoms with Crippen LogP contribution in [0.4, 0.5) is 0 Å². The number of methoxy groups -OCH3 is 2. The standard InChI is InChI=1S/C25H33N3O8S/c1-34-19-6-8-21(9-7-19)36-16-4-3-5-24(29)26-18-14-15-28(23(17-18)25(30)27-31)37(32,33)22-12-10-20(35-2)11-13-22/h6-13,18,23,31H,3-5,14-17H2,1-2H3,(H,26,29)(H,27,30)/t18-,23-/m1/s1. The molecular weight excluding hydrogens is 502 g/mol. The van der Waals surface area contributed by atoms with E-state index in [4.69, 9.17) is 14.2 Å². The minimum atomic E-state index is -4.02. The third-order valence-corrected chi connectivity index (χ3v) is 8.05. The minimum absolute atomic E-state index is 0.00313. The van der Waals surface area contributed by atoms with Crippen molar-refractivity contribution in [3.63, 3.8) is 0 Å². The number of ether oxygens (including phenoxy) is 3. The SMILES string of the molecule is COc1ccc(OCCCCC(=O)N[C@@H]2CCN(S(=O)(=O)c3ccc(OC)cc3)[C@@H](C(=O)NO)C2)cc1. The maximum atomic E-state index is 13.2. The van der Waals surface area contributed by atoms with Crippen molar-refractivity contribution >= 4 is 21.8 Å². The van der Waals surface area contributed by atoms with Crippen LogP contribution < -0.4 is 25.0 Å². The van der Waals surface area contributed by atoms with Crippen LogP contribution in [0.15, 0.2) is 53.4 Å². The number of rotatable bonds is 12. The first kappa shape index (κ1) is 28.2. The molecule has 1 saturated heterocycles. The Kier molecular flexibility index (Phi) is 10.1. The predicted molar refractivity (Wildman–Crippen MR) is 134 cm³/mol. The van der Waals surface area contributed by atoms with E-state index in [1.807, 2.05) is 12.1 Å². The van der Waals surface area contributed by atoms with Crippen LogP contribution in [0, 0.1) is 0 Å². The van der Waals surface area contributed by atoms with Gasteiger partial charge in [-0.15, -0.1) is 0 Å². The summed E-state index contributed by atoms with van der Waals surface area (Å²) in [6.07, 6.45) is 1.92. The van der Waals surface area contributed by atoms with Crippen molar-refractivity contribution in [3.8, 4) is 17.2 Å². The fourth-order valence-electron chi connectivity index (χ4n) is 4.11. The number of hydrogen-bond donors (Lipinski definition) is 3. The number of hydrogen-bond acceptors (Lipinski definition) is 8. The Balaban J connectivity index is 1.50. The van der Waals surface area contributed by atoms with Crippen molar-refractivity contribution in [2.24, 2.45) is 0 Å². The van der Waals surface area contributed by atoms with Crippen molar-refractivity contribution in [2.45, 2.75) is 49.1 Å². The van der Waals surface area contributed by atoms with Crippen LogP contribution in [0.25, 0.3) is 0 Å². The van der Waals surface area contributed by atoms with Gasteiger partial charge in [0.05, 0.1) is 25.7 Å². The van der Waals surface area contributed by atoms with E-state index in [1.165, 1.54) is 31.4 Å². The third kappa shape index (κ3) is 7.57. The first-order chi connectivity index (χ1) is 17.8. The molecule has 37 heavy (non-hydrogen) atoms. The highest BCUT2D eigenvalue weighted by molar-refractivity contribution is 7.89. The summed E-state index contributed by atoms with van der Waals surface area (Å²) in [5, 5.41) is 12.1. The Morgan fingerprint density at radius 2 is 1.57 bits per heavy atom. The highest BCUT2D eigenvalue weighted by Gasteiger charge is 2.41. The van der Waals surface area contributed by atoms with Crippen LogP contribution in [-0.2, 0) is 19.6 Å². The van der Waals surface area contributed by atoms with Crippen LogP contribution in [-0.4, -0.2) is 69.2 Å². The molecule has 12 heteroatoms. The number of sulfonamides is 1. The fourth-order valence-corrected chi connectivity index (χ4v) is 5.72. The van der Waals surface area contributed by atoms with Gasteiger partial charge in [-0.3, -0.25) is 14.8 Å². The molecule has 2 aromatic rings. The maximum Gasteiger partial charge on any atom is 0.261 e. The van der Waals surface area contributed by atoms with Gasteiger partial charge in [-0.25, -0.2) is 13.9 Å². The number of amides is 2. The Bertz CT molecular complexity index is 1140. The lowest BCUT2D eigenvalue weighted by Crippen LogP contribution is -2.56. The van der Waals surface area contributed by atoms with E-state index in [9.17, 15) is 23.2 Å². The number of carbonyl (C=O) groups is 2. The summed E-state index contributed by atoms with van der Waals surface area (Å²) in [5.74, 6) is 0.912. The van der Waals surface area contributed by atoms with E-state index in [1.54, 1.807) is 24.7 Å². The van der Waals surface area contributed by atoms with E-state index in [-0.39, 0.29) is 30.2 Å². The second kappa shape index (κ2) is 13.3. The van der Waals surface area contributed by atoms with Crippen LogP contribution >= 0.6 is 0 Å². The molecule has 2 aromatic carbocycles. The summed E-state index contributed by atoms with van der Waals surface area (Å²) in [7, 11) is -0.952. The zero-order valence-electron chi connectivity index (χ0n) is 20.9. The smallest absolute Gasteiger partial charge is 0.261 e. The minimum Gasteiger partial charge on any atom is -0.497 e. The number of nitrogens with zero attached hydrogens (tertiary/aromatic N) is 1. The van der Waals surface area contributed by atoms with Gasteiger partial charge in [0, 0.05) is 19.0 Å². The fraction of sp³-hybridized carbons (Fsp3) is 0.440. The van der Waals surface area contributed by atoms with Crippen molar-refractivity contribution in [1.82, 2.24) is 15.1 Å². The molecule has 1 fully saturated rings. The molecule has 0 bridgehead atoms. The quantitative estimate of drug-likeness (QED) is 0.213. The van der Waals surface area contributed by atoms with Crippen molar-refractivity contribution in [3.05, 3.63) is 48.5 Å². The van der Waals surface area contributed by atoms with E-state index in [0.717, 1.165) is 15.8 Å². The van der Waals surface area contributed by atoms with E-state index in [2.05, 4.69) is 5.32 Å². The van der Waals surface area contributed by atoms with Crippen molar-refractivity contribution < 1.29 is 37.4 Å². The van der Waals surface area contributed by atoms with Gasteiger partial charge in [0.15, 0.2) is 0 Å². The molecule has 0 aliphatic carbocycles. The van der Waals surface area contributed by atoms with Gasteiger partial charge >= 0.3 is 0 Å². The maximum absolute atomic E-state index is 13.2. The second-order valence-corrected chi connectivity index (χ2v) is 10.4. The van der Waals surface area contributed by atoms with Crippen LogP contribution in [0.1, 0.15) is 32.1 Å². The van der Waals surface area contributed by atoms with Crippen molar-refractivity contribution in [2.75, 3.05) is 27.4 Å². The summed E-state index contributed by atoms with van der Waals surface area (Å²) < 4.78 is 43.3. The molecule has 1 aliphatic heterocycles. The first-order valence-electron chi connectivity index (χ1n) is 11.9. The molecule has 0 radical (unpaired) electrons. The van der Waals surface area contributed by atoms with Gasteiger partial charge < -0.3 is 19.5 Å². The summed E-state index contributed by atoms with van der Waals surface area (Å²) in [6, 6.07) is 11.5. The number of hydroxylamine groups is 1. The molecular formula is C25H33N3O8S. The molecule has 0 spiro atoms. The molecule has 1 aliphatic rings. The highest BCUT2D eigenvalue weighted by atomic mass is 32.2. The van der Waals surface area contributed by atoms with Crippen molar-refractivity contribution in [1.29, 1.82) is 0 Å². The Hall–Kier alpha value is -3.35. The lowest BCUT2D eigenvalue weighted by Gasteiger charge is -2.37. The molecule has 11 nitrogen and oxygen atoms in total. The molecule has 2 amide bonds. The van der Waals surface area contributed by atoms with Gasteiger partial charge in [0.25, 0.3) is 5.91 Å². The van der Waals surface area contributed by atoms with Crippen LogP contribution in [0.5, 0.6) is 17.2 Å². The monoisotopic (exact) mass is 535 g/mol. The lowest BCUT2D eigenvalue weighted by atomic mass is 9.98.